The van der Waals surface area contributed by atoms with Crippen molar-refractivity contribution in [3.05, 3.63) is 83.4 Å². The molecule has 7 rings (SSSR count). The fourth-order valence-electron chi connectivity index (χ4n) is 7.88. The smallest absolute Gasteiger partial charge is 0.246 e. The van der Waals surface area contributed by atoms with E-state index in [2.05, 4.69) is 30.8 Å². The van der Waals surface area contributed by atoms with Gasteiger partial charge < -0.3 is 9.64 Å². The molecular weight excluding hydrogens is 575 g/mol. The van der Waals surface area contributed by atoms with Gasteiger partial charge in [0, 0.05) is 41.0 Å². The first-order chi connectivity index (χ1) is 21.4. The van der Waals surface area contributed by atoms with Crippen molar-refractivity contribution in [1.29, 1.82) is 5.26 Å². The molecule has 3 aliphatic rings. The highest BCUT2D eigenvalue weighted by Crippen LogP contribution is 2.49. The van der Waals surface area contributed by atoms with E-state index in [0.717, 1.165) is 64.2 Å². The molecule has 5 atom stereocenters. The second-order valence-corrected chi connectivity index (χ2v) is 12.9. The number of halogens is 2. The fourth-order valence-corrected chi connectivity index (χ4v) is 8.16. The molecule has 1 saturated carbocycles. The Hall–Kier alpha value is -3.99. The van der Waals surface area contributed by atoms with Gasteiger partial charge in [0.1, 0.15) is 24.4 Å². The summed E-state index contributed by atoms with van der Waals surface area (Å²) in [6, 6.07) is 20.7. The summed E-state index contributed by atoms with van der Waals surface area (Å²) in [6.07, 6.45) is 3.50. The largest absolute Gasteiger partial charge is 0.475 e. The second kappa shape index (κ2) is 11.5. The van der Waals surface area contributed by atoms with Gasteiger partial charge in [-0.1, -0.05) is 60.6 Å². The van der Waals surface area contributed by atoms with E-state index in [-0.39, 0.29) is 36.4 Å². The number of hydrogen-bond acceptors (Lipinski definition) is 5. The van der Waals surface area contributed by atoms with Crippen molar-refractivity contribution in [3.8, 4) is 23.1 Å². The standard InChI is InChI=1S/C36H34ClFN4O2/c1-3-33(43)42-13-12-23-14-24(16-32(23)42)34-28-11-10-22(27-8-4-6-21-7-5-9-30(37)35(21)27)15-31(28)40-36(29(34)18-39)44-20-26-17-25(38)19-41(26)2/h3-11,15,23-26,32H,1,12-14,16-17,19-20H2,2H3/t23-,24?,25+,26-,32+/m0/s1. The zero-order valence-electron chi connectivity index (χ0n) is 24.7. The van der Waals surface area contributed by atoms with Crippen LogP contribution in [0.25, 0.3) is 32.8 Å². The van der Waals surface area contributed by atoms with Gasteiger partial charge in [-0.05, 0) is 84.9 Å². The second-order valence-electron chi connectivity index (χ2n) is 12.5. The normalized spacial score (nSPS) is 25.0. The number of ether oxygens (including phenoxy) is 1. The summed E-state index contributed by atoms with van der Waals surface area (Å²) in [6.45, 7) is 5.07. The summed E-state index contributed by atoms with van der Waals surface area (Å²) >= 11 is 6.69. The van der Waals surface area contributed by atoms with Crippen LogP contribution in [0.5, 0.6) is 5.88 Å². The third-order valence-corrected chi connectivity index (χ3v) is 10.3. The molecule has 2 aliphatic heterocycles. The number of nitrogens with zero attached hydrogens (tertiary/aromatic N) is 4. The van der Waals surface area contributed by atoms with Crippen LogP contribution in [0.4, 0.5) is 4.39 Å². The van der Waals surface area contributed by atoms with Crippen LogP contribution in [0.15, 0.2) is 67.3 Å². The van der Waals surface area contributed by atoms with E-state index in [9.17, 15) is 14.4 Å². The van der Waals surface area contributed by atoms with Crippen molar-refractivity contribution in [3.63, 3.8) is 0 Å². The molecule has 3 heterocycles. The Morgan fingerprint density at radius 2 is 2.02 bits per heavy atom. The number of pyridine rings is 1. The quantitative estimate of drug-likeness (QED) is 0.215. The minimum Gasteiger partial charge on any atom is -0.475 e. The van der Waals surface area contributed by atoms with Crippen LogP contribution >= 0.6 is 11.6 Å². The molecule has 0 spiro atoms. The number of rotatable bonds is 6. The third-order valence-electron chi connectivity index (χ3n) is 9.98. The van der Waals surface area contributed by atoms with E-state index >= 15 is 0 Å². The first-order valence-corrected chi connectivity index (χ1v) is 15.7. The van der Waals surface area contributed by atoms with Crippen molar-refractivity contribution >= 4 is 39.2 Å². The predicted molar refractivity (Wildman–Crippen MR) is 172 cm³/mol. The number of benzene rings is 3. The summed E-state index contributed by atoms with van der Waals surface area (Å²) in [5, 5.41) is 14.2. The monoisotopic (exact) mass is 608 g/mol. The summed E-state index contributed by atoms with van der Waals surface area (Å²) in [5.74, 6) is 0.686. The molecule has 3 aromatic carbocycles. The van der Waals surface area contributed by atoms with Gasteiger partial charge >= 0.3 is 0 Å². The van der Waals surface area contributed by atoms with Crippen LogP contribution in [-0.4, -0.2) is 65.7 Å². The van der Waals surface area contributed by atoms with E-state index in [1.807, 2.05) is 53.2 Å². The molecule has 1 aromatic heterocycles. The summed E-state index contributed by atoms with van der Waals surface area (Å²) in [5.41, 5.74) is 4.06. The topological polar surface area (TPSA) is 69.5 Å². The van der Waals surface area contributed by atoms with Crippen LogP contribution in [0, 0.1) is 17.2 Å². The van der Waals surface area contributed by atoms with Gasteiger partial charge in [-0.2, -0.15) is 5.26 Å². The van der Waals surface area contributed by atoms with E-state index in [1.54, 1.807) is 0 Å². The number of carbonyl (C=O) groups is 1. The van der Waals surface area contributed by atoms with Gasteiger partial charge in [-0.25, -0.2) is 9.37 Å². The van der Waals surface area contributed by atoms with E-state index in [0.29, 0.717) is 29.5 Å². The zero-order chi connectivity index (χ0) is 30.5. The van der Waals surface area contributed by atoms with Crippen molar-refractivity contribution < 1.29 is 13.9 Å². The van der Waals surface area contributed by atoms with E-state index in [4.69, 9.17) is 21.3 Å². The average Bonchev–Trinajstić information content (AvgIpc) is 3.72. The number of nitriles is 1. The molecular formula is C36H34ClFN4O2. The first-order valence-electron chi connectivity index (χ1n) is 15.3. The van der Waals surface area contributed by atoms with Crippen LogP contribution < -0.4 is 4.74 Å². The molecule has 44 heavy (non-hydrogen) atoms. The molecule has 1 aliphatic carbocycles. The van der Waals surface area contributed by atoms with Crippen molar-refractivity contribution in [2.24, 2.45) is 5.92 Å². The fraction of sp³-hybridized carbons (Fsp3) is 0.361. The Labute approximate surface area is 261 Å². The van der Waals surface area contributed by atoms with E-state index in [1.165, 1.54) is 6.08 Å². The lowest BCUT2D eigenvalue weighted by atomic mass is 9.88. The van der Waals surface area contributed by atoms with E-state index < -0.39 is 6.17 Å². The van der Waals surface area contributed by atoms with Crippen LogP contribution in [0.3, 0.4) is 0 Å². The summed E-state index contributed by atoms with van der Waals surface area (Å²) in [4.78, 5) is 21.5. The van der Waals surface area contributed by atoms with Gasteiger partial charge in [0.25, 0.3) is 0 Å². The van der Waals surface area contributed by atoms with Crippen molar-refractivity contribution in [1.82, 2.24) is 14.8 Å². The van der Waals surface area contributed by atoms with Crippen molar-refractivity contribution in [2.75, 3.05) is 26.7 Å². The highest BCUT2D eigenvalue weighted by atomic mass is 35.5. The van der Waals surface area contributed by atoms with Crippen LogP contribution in [-0.2, 0) is 4.79 Å². The average molecular weight is 609 g/mol. The van der Waals surface area contributed by atoms with Crippen LogP contribution in [0.1, 0.15) is 42.7 Å². The number of amides is 1. The highest BCUT2D eigenvalue weighted by molar-refractivity contribution is 6.36. The predicted octanol–water partition coefficient (Wildman–Crippen LogP) is 7.28. The highest BCUT2D eigenvalue weighted by Gasteiger charge is 2.45. The summed E-state index contributed by atoms with van der Waals surface area (Å²) in [7, 11) is 1.90. The maximum atomic E-state index is 14.1. The summed E-state index contributed by atoms with van der Waals surface area (Å²) < 4.78 is 20.4. The SMILES string of the molecule is C=CC(=O)N1CC[C@H]2CC(c3c(C#N)c(OC[C@@H]4C[C@@H](F)CN4C)nc4cc(-c5cccc6cccc(Cl)c56)ccc34)C[C@H]21. The van der Waals surface area contributed by atoms with Gasteiger partial charge in [-0.3, -0.25) is 9.69 Å². The Bertz CT molecular complexity index is 1830. The maximum absolute atomic E-state index is 14.1. The van der Waals surface area contributed by atoms with Gasteiger partial charge in [0.2, 0.25) is 11.8 Å². The Morgan fingerprint density at radius 1 is 1.20 bits per heavy atom. The van der Waals surface area contributed by atoms with Crippen molar-refractivity contribution in [2.45, 2.75) is 49.9 Å². The lowest BCUT2D eigenvalue weighted by molar-refractivity contribution is -0.126. The number of fused-ring (bicyclic) bond motifs is 3. The lowest BCUT2D eigenvalue weighted by Crippen LogP contribution is -2.34. The molecule has 3 fully saturated rings. The maximum Gasteiger partial charge on any atom is 0.246 e. The minimum absolute atomic E-state index is 0.0347. The molecule has 2 saturated heterocycles. The van der Waals surface area contributed by atoms with Gasteiger partial charge in [0.15, 0.2) is 0 Å². The molecule has 4 aromatic rings. The van der Waals surface area contributed by atoms with Crippen LogP contribution in [0.2, 0.25) is 5.02 Å². The minimum atomic E-state index is -0.890. The lowest BCUT2D eigenvalue weighted by Gasteiger charge is -2.24. The Morgan fingerprint density at radius 3 is 2.77 bits per heavy atom. The first kappa shape index (κ1) is 28.8. The molecule has 8 heteroatoms. The number of likely N-dealkylation sites (N-methyl/N-ethyl adjacent to an activating group) is 1. The van der Waals surface area contributed by atoms with Gasteiger partial charge in [0.05, 0.1) is 5.52 Å². The van der Waals surface area contributed by atoms with Gasteiger partial charge in [-0.15, -0.1) is 0 Å². The number of aromatic nitrogens is 1. The Kier molecular flexibility index (Phi) is 7.52. The Balaban J connectivity index is 1.34. The molecule has 1 unspecified atom stereocenters. The molecule has 0 bridgehead atoms. The third kappa shape index (κ3) is 4.91. The zero-order valence-corrected chi connectivity index (χ0v) is 25.4. The number of alkyl halides is 1. The molecule has 0 radical (unpaired) electrons. The number of hydrogen-bond donors (Lipinski definition) is 0. The molecule has 224 valence electrons. The molecule has 0 N–H and O–H groups in total. The molecule has 1 amide bonds. The molecule has 6 nitrogen and oxygen atoms in total. The number of carbonyl (C=O) groups excluding carboxylic acids is 1. The number of likely N-dealkylation sites (tertiary alicyclic amines) is 2.